The zero-order valence-corrected chi connectivity index (χ0v) is 14.5. The summed E-state index contributed by atoms with van der Waals surface area (Å²) < 4.78 is 0. The highest BCUT2D eigenvalue weighted by Crippen LogP contribution is 2.43. The van der Waals surface area contributed by atoms with Crippen LogP contribution in [0.3, 0.4) is 0 Å². The first kappa shape index (κ1) is 17.6. The van der Waals surface area contributed by atoms with E-state index in [2.05, 4.69) is 16.2 Å². The Hall–Kier alpha value is -1.18. The standard InChI is InChI=1S/C17H29N4O3/c1-13(22)20-9-7-19(8-10-20)11-15(23)12-21-14-3-2-5-17(21,6-4-14)16(18)24/h2,14-15,23H,3-12H2,1H3,(H2,18,24)/t14-,15?,17+/m1/s1. The number of carbonyl (C=O) groups excluding carboxylic acids is 2. The molecule has 1 unspecified atom stereocenters. The summed E-state index contributed by atoms with van der Waals surface area (Å²) in [4.78, 5) is 29.6. The number of fused-ring (bicyclic) bond motifs is 2. The van der Waals surface area contributed by atoms with Crippen molar-refractivity contribution in [2.75, 3.05) is 39.3 Å². The number of hydrogen-bond donors (Lipinski definition) is 2. The number of primary amides is 1. The second-order valence-corrected chi connectivity index (χ2v) is 7.43. The molecule has 1 radical (unpaired) electrons. The van der Waals surface area contributed by atoms with Crippen LogP contribution in [-0.2, 0) is 9.59 Å². The molecule has 24 heavy (non-hydrogen) atoms. The van der Waals surface area contributed by atoms with E-state index in [1.165, 1.54) is 0 Å². The second kappa shape index (κ2) is 6.98. The van der Waals surface area contributed by atoms with Gasteiger partial charge in [-0.25, -0.2) is 0 Å². The van der Waals surface area contributed by atoms with Crippen molar-refractivity contribution in [3.8, 4) is 0 Å². The van der Waals surface area contributed by atoms with Crippen molar-refractivity contribution in [3.63, 3.8) is 0 Å². The smallest absolute Gasteiger partial charge is 0.237 e. The van der Waals surface area contributed by atoms with Crippen molar-refractivity contribution >= 4 is 11.8 Å². The van der Waals surface area contributed by atoms with Crippen molar-refractivity contribution in [3.05, 3.63) is 6.42 Å². The maximum absolute atomic E-state index is 12.0. The lowest BCUT2D eigenvalue weighted by atomic mass is 9.87. The summed E-state index contributed by atoms with van der Waals surface area (Å²) in [5.74, 6) is -0.150. The first-order valence-electron chi connectivity index (χ1n) is 8.96. The number of aliphatic hydroxyl groups excluding tert-OH is 1. The van der Waals surface area contributed by atoms with Crippen LogP contribution < -0.4 is 5.73 Å². The predicted molar refractivity (Wildman–Crippen MR) is 89.9 cm³/mol. The Labute approximate surface area is 143 Å². The number of nitrogens with zero attached hydrogens (tertiary/aromatic N) is 3. The topological polar surface area (TPSA) is 90.1 Å². The zero-order valence-electron chi connectivity index (χ0n) is 14.5. The van der Waals surface area contributed by atoms with Gasteiger partial charge < -0.3 is 15.7 Å². The molecule has 7 nitrogen and oxygen atoms in total. The minimum absolute atomic E-state index is 0.111. The monoisotopic (exact) mass is 337 g/mol. The summed E-state index contributed by atoms with van der Waals surface area (Å²) in [6.45, 7) is 5.67. The van der Waals surface area contributed by atoms with Gasteiger partial charge in [-0.1, -0.05) is 0 Å². The Balaban J connectivity index is 1.54. The summed E-state index contributed by atoms with van der Waals surface area (Å²) in [6, 6.07) is 0.329. The van der Waals surface area contributed by atoms with Crippen LogP contribution in [0.1, 0.15) is 32.6 Å². The quantitative estimate of drug-likeness (QED) is 0.685. The second-order valence-electron chi connectivity index (χ2n) is 7.43. The molecule has 135 valence electrons. The van der Waals surface area contributed by atoms with Gasteiger partial charge >= 0.3 is 0 Å². The molecule has 7 heteroatoms. The number of piperazine rings is 1. The van der Waals surface area contributed by atoms with E-state index in [9.17, 15) is 14.7 Å². The summed E-state index contributed by atoms with van der Waals surface area (Å²) >= 11 is 0. The van der Waals surface area contributed by atoms with Gasteiger partial charge in [-0.05, 0) is 32.1 Å². The Morgan fingerprint density at radius 1 is 1.29 bits per heavy atom. The number of carbonyl (C=O) groups is 2. The van der Waals surface area contributed by atoms with Gasteiger partial charge in [0.2, 0.25) is 11.8 Å². The first-order chi connectivity index (χ1) is 11.4. The van der Waals surface area contributed by atoms with Crippen LogP contribution in [0, 0.1) is 6.42 Å². The Morgan fingerprint density at radius 2 is 2.00 bits per heavy atom. The van der Waals surface area contributed by atoms with E-state index in [-0.39, 0.29) is 11.8 Å². The normalized spacial score (nSPS) is 32.8. The van der Waals surface area contributed by atoms with Crippen molar-refractivity contribution < 1.29 is 14.7 Å². The molecule has 0 saturated carbocycles. The maximum Gasteiger partial charge on any atom is 0.237 e. The maximum atomic E-state index is 12.0. The van der Waals surface area contributed by atoms with Crippen LogP contribution in [0.2, 0.25) is 0 Å². The summed E-state index contributed by atoms with van der Waals surface area (Å²) in [7, 11) is 0. The van der Waals surface area contributed by atoms with Gasteiger partial charge in [0.1, 0.15) is 5.54 Å². The average Bonchev–Trinajstić information content (AvgIpc) is 2.74. The van der Waals surface area contributed by atoms with Crippen molar-refractivity contribution in [1.29, 1.82) is 0 Å². The van der Waals surface area contributed by atoms with E-state index in [0.29, 0.717) is 38.6 Å². The number of nitrogens with two attached hydrogens (primary N) is 1. The molecule has 2 amide bonds. The van der Waals surface area contributed by atoms with Gasteiger partial charge in [0.05, 0.1) is 6.10 Å². The Kier molecular flexibility index (Phi) is 5.13. The van der Waals surface area contributed by atoms with Crippen LogP contribution in [-0.4, -0.2) is 88.6 Å². The first-order valence-corrected chi connectivity index (χ1v) is 8.96. The molecular formula is C17H29N4O3. The average molecular weight is 337 g/mol. The Morgan fingerprint density at radius 3 is 2.62 bits per heavy atom. The molecular weight excluding hydrogens is 308 g/mol. The van der Waals surface area contributed by atoms with E-state index < -0.39 is 11.6 Å². The fraction of sp³-hybridized carbons (Fsp3) is 0.824. The fourth-order valence-corrected chi connectivity index (χ4v) is 4.55. The lowest BCUT2D eigenvalue weighted by molar-refractivity contribution is -0.131. The van der Waals surface area contributed by atoms with E-state index in [0.717, 1.165) is 32.4 Å². The summed E-state index contributed by atoms with van der Waals surface area (Å²) in [6.07, 6.45) is 5.11. The van der Waals surface area contributed by atoms with Crippen LogP contribution in [0.4, 0.5) is 0 Å². The van der Waals surface area contributed by atoms with Gasteiger partial charge in [0, 0.05) is 52.2 Å². The summed E-state index contributed by atoms with van der Waals surface area (Å²) in [5.41, 5.74) is 5.12. The van der Waals surface area contributed by atoms with E-state index >= 15 is 0 Å². The van der Waals surface area contributed by atoms with Gasteiger partial charge in [-0.15, -0.1) is 0 Å². The number of aliphatic hydroxyl groups is 1. The number of amides is 2. The number of β-amino-alcohol motifs (C(OH)–C–C–N with tert-alkyl or cyclic N) is 1. The molecule has 0 aromatic carbocycles. The van der Waals surface area contributed by atoms with Crippen molar-refractivity contribution in [2.24, 2.45) is 5.73 Å². The van der Waals surface area contributed by atoms with Crippen LogP contribution in [0.15, 0.2) is 0 Å². The van der Waals surface area contributed by atoms with Crippen molar-refractivity contribution in [2.45, 2.75) is 50.3 Å². The fourth-order valence-electron chi connectivity index (χ4n) is 4.55. The van der Waals surface area contributed by atoms with E-state index in [1.807, 2.05) is 4.90 Å². The zero-order chi connectivity index (χ0) is 17.3. The predicted octanol–water partition coefficient (Wildman–Crippen LogP) is -0.802. The molecule has 3 N–H and O–H groups in total. The third kappa shape index (κ3) is 3.30. The Bertz CT molecular complexity index is 488. The third-order valence-electron chi connectivity index (χ3n) is 5.96. The van der Waals surface area contributed by atoms with Gasteiger partial charge in [0.25, 0.3) is 0 Å². The molecule has 2 bridgehead atoms. The molecule has 3 aliphatic heterocycles. The van der Waals surface area contributed by atoms with E-state index in [1.54, 1.807) is 6.92 Å². The molecule has 3 fully saturated rings. The van der Waals surface area contributed by atoms with Crippen LogP contribution in [0.25, 0.3) is 0 Å². The number of hydrogen-bond acceptors (Lipinski definition) is 5. The highest BCUT2D eigenvalue weighted by Gasteiger charge is 2.52. The molecule has 0 aliphatic carbocycles. The summed E-state index contributed by atoms with van der Waals surface area (Å²) in [5, 5.41) is 10.6. The SMILES string of the molecule is CC(=O)N1CCN(CC(O)CN2[C@@H]3C[CH]C[C@@]2(C(N)=O)CC3)CC1. The molecule has 3 rings (SSSR count). The van der Waals surface area contributed by atoms with E-state index in [4.69, 9.17) is 5.73 Å². The molecule has 0 aromatic rings. The van der Waals surface area contributed by atoms with Gasteiger partial charge in [-0.3, -0.25) is 19.4 Å². The minimum Gasteiger partial charge on any atom is -0.390 e. The molecule has 3 heterocycles. The number of rotatable bonds is 5. The largest absolute Gasteiger partial charge is 0.390 e. The lowest BCUT2D eigenvalue weighted by Crippen LogP contribution is -2.60. The molecule has 3 saturated heterocycles. The van der Waals surface area contributed by atoms with Crippen LogP contribution >= 0.6 is 0 Å². The minimum atomic E-state index is -0.586. The van der Waals surface area contributed by atoms with Crippen molar-refractivity contribution in [1.82, 2.24) is 14.7 Å². The van der Waals surface area contributed by atoms with Crippen LogP contribution in [0.5, 0.6) is 0 Å². The highest BCUT2D eigenvalue weighted by atomic mass is 16.3. The lowest BCUT2D eigenvalue weighted by Gasteiger charge is -2.44. The highest BCUT2D eigenvalue weighted by molar-refractivity contribution is 5.85. The molecule has 3 atom stereocenters. The molecule has 0 spiro atoms. The van der Waals surface area contributed by atoms with Gasteiger partial charge in [-0.2, -0.15) is 0 Å². The molecule has 0 aromatic heterocycles. The molecule has 3 aliphatic rings. The van der Waals surface area contributed by atoms with Gasteiger partial charge in [0.15, 0.2) is 0 Å². The third-order valence-corrected chi connectivity index (χ3v) is 5.96. The number of piperidine rings is 1.